The molecule has 22 heavy (non-hydrogen) atoms. The largest absolute Gasteiger partial charge is 1.00 e. The maximum Gasteiger partial charge on any atom is 1.00 e. The van der Waals surface area contributed by atoms with Crippen LogP contribution in [0.4, 0.5) is 0 Å². The molecule has 2 aromatic heterocycles. The van der Waals surface area contributed by atoms with E-state index in [1.165, 1.54) is 0 Å². The summed E-state index contributed by atoms with van der Waals surface area (Å²) in [7, 11) is 0. The molecule has 0 aliphatic heterocycles. The summed E-state index contributed by atoms with van der Waals surface area (Å²) in [6.07, 6.45) is 1.65. The number of hydrogen-bond acceptors (Lipinski definition) is 3. The molecule has 1 aromatic carbocycles. The van der Waals surface area contributed by atoms with Gasteiger partial charge in [0.1, 0.15) is 11.5 Å². The van der Waals surface area contributed by atoms with Crippen molar-refractivity contribution in [3.8, 4) is 11.5 Å². The quantitative estimate of drug-likeness (QED) is 0.606. The first kappa shape index (κ1) is 19.3. The Kier molecular flexibility index (Phi) is 7.18. The Bertz CT molecular complexity index is 787. The molecule has 108 valence electrons. The third kappa shape index (κ3) is 3.95. The number of para-hydroxylation sites is 1. The predicted molar refractivity (Wildman–Crippen MR) is 83.4 cm³/mol. The first-order chi connectivity index (χ1) is 9.65. The number of aromatic nitrogens is 1. The van der Waals surface area contributed by atoms with Crippen molar-refractivity contribution in [2.75, 3.05) is 0 Å². The van der Waals surface area contributed by atoms with Gasteiger partial charge in [0.05, 0.1) is 17.9 Å². The molecule has 0 aliphatic carbocycles. The zero-order chi connectivity index (χ0) is 14.1. The van der Waals surface area contributed by atoms with Gasteiger partial charge in [-0.05, 0) is 42.8 Å². The number of carboxylic acids is 1. The van der Waals surface area contributed by atoms with E-state index in [1.807, 2.05) is 36.4 Å². The fourth-order valence-corrected chi connectivity index (χ4v) is 2.23. The molecule has 0 N–H and O–H groups in total. The normalized spacial score (nSPS) is 9.68. The van der Waals surface area contributed by atoms with Crippen molar-refractivity contribution in [3.05, 3.63) is 66.0 Å². The molecule has 0 radical (unpaired) electrons. The van der Waals surface area contributed by atoms with Gasteiger partial charge in [-0.1, -0.05) is 18.2 Å². The van der Waals surface area contributed by atoms with Gasteiger partial charge in [-0.3, -0.25) is 0 Å². The van der Waals surface area contributed by atoms with Crippen LogP contribution in [0.3, 0.4) is 0 Å². The minimum atomic E-state index is -1.20. The van der Waals surface area contributed by atoms with Gasteiger partial charge in [0.2, 0.25) is 0 Å². The molecule has 0 unspecified atom stereocenters. The number of nitrogens with zero attached hydrogens (tertiary/aromatic N) is 1. The molecule has 0 fully saturated rings. The van der Waals surface area contributed by atoms with Gasteiger partial charge in [-0.2, -0.15) is 13.5 Å². The van der Waals surface area contributed by atoms with Crippen LogP contribution in [-0.2, 0) is 0 Å². The van der Waals surface area contributed by atoms with E-state index in [1.54, 1.807) is 29.7 Å². The molecule has 0 amide bonds. The number of carboxylic acid groups (broad SMARTS) is 1. The summed E-state index contributed by atoms with van der Waals surface area (Å²) >= 11 is 0. The number of pyridine rings is 1. The number of fused-ring (bicyclic) bond motifs is 1. The zero-order valence-corrected chi connectivity index (χ0v) is 16.5. The van der Waals surface area contributed by atoms with Gasteiger partial charge in [0.15, 0.2) is 0 Å². The van der Waals surface area contributed by atoms with Crippen molar-refractivity contribution in [2.24, 2.45) is 0 Å². The maximum atomic E-state index is 11.2. The molecule has 0 saturated heterocycles. The molecule has 0 aliphatic rings. The predicted octanol–water partition coefficient (Wildman–Crippen LogP) is -0.480. The third-order valence-corrected chi connectivity index (χ3v) is 3.10. The van der Waals surface area contributed by atoms with Crippen LogP contribution in [0.2, 0.25) is 0 Å². The van der Waals surface area contributed by atoms with Crippen LogP contribution in [0.1, 0.15) is 16.1 Å². The number of aryl methyl sites for hydroxylation is 1. The van der Waals surface area contributed by atoms with E-state index in [0.717, 1.165) is 5.52 Å². The van der Waals surface area contributed by atoms with Crippen molar-refractivity contribution >= 4 is 25.0 Å². The Labute approximate surface area is 178 Å². The molecule has 6 heteroatoms. The smallest absolute Gasteiger partial charge is 0.543 e. The van der Waals surface area contributed by atoms with E-state index in [4.69, 9.17) is 4.74 Å². The Morgan fingerprint density at radius 1 is 1.09 bits per heavy atom. The third-order valence-electron chi connectivity index (χ3n) is 3.10. The van der Waals surface area contributed by atoms with E-state index in [0.29, 0.717) is 17.1 Å². The summed E-state index contributed by atoms with van der Waals surface area (Å²) in [5.74, 6) is 0.0758. The number of carbonyl (C=O) groups is 1. The molecule has 3 aromatic rings. The molecule has 0 bridgehead atoms. The van der Waals surface area contributed by atoms with Crippen LogP contribution in [0.25, 0.3) is 5.52 Å². The molecule has 2 heterocycles. The maximum absolute atomic E-state index is 11.2. The molecule has 4 nitrogen and oxygen atoms in total. The van der Waals surface area contributed by atoms with Crippen molar-refractivity contribution in [1.29, 1.82) is 0 Å². The van der Waals surface area contributed by atoms with Crippen molar-refractivity contribution in [2.45, 2.75) is 6.92 Å². The van der Waals surface area contributed by atoms with E-state index >= 15 is 0 Å². The second-order valence-electron chi connectivity index (χ2n) is 4.54. The molecular weight excluding hydrogens is 325 g/mol. The summed E-state index contributed by atoms with van der Waals surface area (Å²) in [4.78, 5) is 11.2. The fourth-order valence-electron chi connectivity index (χ4n) is 2.23. The average Bonchev–Trinajstić information content (AvgIpc) is 2.75. The van der Waals surface area contributed by atoms with Gasteiger partial charge in [0.25, 0.3) is 0 Å². The first-order valence-corrected chi connectivity index (χ1v) is 6.21. The Morgan fingerprint density at radius 3 is 2.41 bits per heavy atom. The number of rotatable bonds is 3. The van der Waals surface area contributed by atoms with Crippen molar-refractivity contribution in [3.63, 3.8) is 0 Å². The summed E-state index contributed by atoms with van der Waals surface area (Å²) in [6.45, 7) is 1.75. The van der Waals surface area contributed by atoms with E-state index in [2.05, 4.69) is 0 Å². The number of ether oxygens (including phenoxy) is 1. The zero-order valence-electron chi connectivity index (χ0n) is 12.4. The van der Waals surface area contributed by atoms with Gasteiger partial charge in [0, 0.05) is 5.52 Å². The fraction of sp³-hybridized carbons (Fsp3) is 0.0625. The monoisotopic (exact) mass is 339 g/mol. The van der Waals surface area contributed by atoms with Gasteiger partial charge >= 0.3 is 51.4 Å². The summed E-state index contributed by atoms with van der Waals surface area (Å²) in [5.41, 5.74) is 1.61. The van der Waals surface area contributed by atoms with E-state index in [-0.39, 0.29) is 70.6 Å². The number of aromatic carboxylic acids is 1. The standard InChI is InChI=1S/C16H13NO3.K.H2S/c1-11-9-12-7-8-14(10-17(12)15(11)16(18)19)20-13-5-3-2-4-6-13;;/h2-10H,1H3,(H,18,19);;1H2/q;+1;/p-1. The minimum absolute atomic E-state index is 0. The van der Waals surface area contributed by atoms with Gasteiger partial charge in [-0.25, -0.2) is 0 Å². The van der Waals surface area contributed by atoms with Crippen molar-refractivity contribution in [1.82, 2.24) is 4.40 Å². The minimum Gasteiger partial charge on any atom is -0.543 e. The molecule has 0 spiro atoms. The summed E-state index contributed by atoms with van der Waals surface area (Å²) in [5, 5.41) is 11.2. The molecular formula is C16H14KNO3S. The molecule has 0 atom stereocenters. The van der Waals surface area contributed by atoms with E-state index in [9.17, 15) is 9.90 Å². The summed E-state index contributed by atoms with van der Waals surface area (Å²) in [6, 6.07) is 14.8. The van der Waals surface area contributed by atoms with Gasteiger partial charge < -0.3 is 19.0 Å². The Morgan fingerprint density at radius 2 is 1.77 bits per heavy atom. The summed E-state index contributed by atoms with van der Waals surface area (Å²) < 4.78 is 7.27. The topological polar surface area (TPSA) is 53.8 Å². The average molecular weight is 339 g/mol. The second-order valence-corrected chi connectivity index (χ2v) is 4.54. The number of hydrogen-bond donors (Lipinski definition) is 0. The number of benzene rings is 1. The van der Waals surface area contributed by atoms with Crippen LogP contribution in [0.5, 0.6) is 11.5 Å². The van der Waals surface area contributed by atoms with Crippen molar-refractivity contribution < 1.29 is 66.0 Å². The molecule has 3 rings (SSSR count). The number of carbonyl (C=O) groups excluding carboxylic acids is 1. The van der Waals surface area contributed by atoms with Crippen LogP contribution >= 0.6 is 13.5 Å². The van der Waals surface area contributed by atoms with Crippen LogP contribution in [-0.4, -0.2) is 10.4 Å². The SMILES string of the molecule is Cc1cc2ccc(Oc3ccccc3)cn2c1C(=O)[O-].S.[K+]. The van der Waals surface area contributed by atoms with Gasteiger partial charge in [-0.15, -0.1) is 0 Å². The Balaban J connectivity index is 0.00000121. The second kappa shape index (κ2) is 8.19. The first-order valence-electron chi connectivity index (χ1n) is 6.21. The Hall–Kier alpha value is -0.764. The van der Waals surface area contributed by atoms with Crippen LogP contribution < -0.4 is 61.2 Å². The van der Waals surface area contributed by atoms with Crippen LogP contribution in [0.15, 0.2) is 54.7 Å². The van der Waals surface area contributed by atoms with E-state index < -0.39 is 5.97 Å². The molecule has 0 saturated carbocycles. The van der Waals surface area contributed by atoms with Crippen LogP contribution in [0, 0.1) is 6.92 Å².